The van der Waals surface area contributed by atoms with E-state index >= 15 is 0 Å². The van der Waals surface area contributed by atoms with Crippen molar-refractivity contribution in [3.05, 3.63) is 84.4 Å². The number of para-hydroxylation sites is 1. The first kappa shape index (κ1) is 13.9. The number of rotatable bonds is 4. The highest BCUT2D eigenvalue weighted by atomic mass is 16.6. The first-order valence-electron chi connectivity index (χ1n) is 6.97. The number of oxime groups is 1. The monoisotopic (exact) mass is 289 g/mol. The molecule has 108 valence electrons. The maximum atomic E-state index is 9.62. The molecule has 0 saturated carbocycles. The van der Waals surface area contributed by atoms with E-state index in [-0.39, 0.29) is 5.75 Å². The SMILES string of the molecule is Oc1ccccc1/C=N/Oc1ccc(-c2ccccc2)cc1. The van der Waals surface area contributed by atoms with E-state index in [0.717, 1.165) is 11.1 Å². The smallest absolute Gasteiger partial charge is 0.158 e. The average Bonchev–Trinajstić information content (AvgIpc) is 2.58. The van der Waals surface area contributed by atoms with Gasteiger partial charge in [0.2, 0.25) is 0 Å². The number of aromatic hydroxyl groups is 1. The summed E-state index contributed by atoms with van der Waals surface area (Å²) >= 11 is 0. The number of phenolic OH excluding ortho intramolecular Hbond substituents is 1. The molecule has 3 nitrogen and oxygen atoms in total. The summed E-state index contributed by atoms with van der Waals surface area (Å²) in [6.45, 7) is 0. The normalized spacial score (nSPS) is 10.7. The maximum absolute atomic E-state index is 9.62. The van der Waals surface area contributed by atoms with Crippen molar-refractivity contribution >= 4 is 6.21 Å². The van der Waals surface area contributed by atoms with Gasteiger partial charge in [-0.15, -0.1) is 0 Å². The lowest BCUT2D eigenvalue weighted by Crippen LogP contribution is -1.87. The lowest BCUT2D eigenvalue weighted by Gasteiger charge is -2.03. The fourth-order valence-corrected chi connectivity index (χ4v) is 2.08. The summed E-state index contributed by atoms with van der Waals surface area (Å²) in [5.74, 6) is 0.820. The Morgan fingerprint density at radius 3 is 2.09 bits per heavy atom. The quantitative estimate of drug-likeness (QED) is 0.568. The fourth-order valence-electron chi connectivity index (χ4n) is 2.08. The van der Waals surface area contributed by atoms with Gasteiger partial charge in [-0.05, 0) is 35.4 Å². The third kappa shape index (κ3) is 3.33. The average molecular weight is 289 g/mol. The van der Waals surface area contributed by atoms with Crippen molar-refractivity contribution in [2.75, 3.05) is 0 Å². The third-order valence-electron chi connectivity index (χ3n) is 3.25. The van der Waals surface area contributed by atoms with Gasteiger partial charge in [0.1, 0.15) is 5.75 Å². The largest absolute Gasteiger partial charge is 0.507 e. The third-order valence-corrected chi connectivity index (χ3v) is 3.25. The minimum Gasteiger partial charge on any atom is -0.507 e. The second-order valence-electron chi connectivity index (χ2n) is 4.78. The molecular weight excluding hydrogens is 274 g/mol. The van der Waals surface area contributed by atoms with Crippen LogP contribution < -0.4 is 4.84 Å². The van der Waals surface area contributed by atoms with Crippen molar-refractivity contribution in [2.45, 2.75) is 0 Å². The van der Waals surface area contributed by atoms with Crippen molar-refractivity contribution in [1.82, 2.24) is 0 Å². The number of hydrogen-bond donors (Lipinski definition) is 1. The van der Waals surface area contributed by atoms with Crippen LogP contribution in [0.4, 0.5) is 0 Å². The lowest BCUT2D eigenvalue weighted by molar-refractivity contribution is 0.343. The molecule has 3 aromatic carbocycles. The predicted molar refractivity (Wildman–Crippen MR) is 88.2 cm³/mol. The van der Waals surface area contributed by atoms with Crippen LogP contribution in [0, 0.1) is 0 Å². The molecule has 3 rings (SSSR count). The molecule has 0 aliphatic rings. The Hall–Kier alpha value is -3.07. The summed E-state index contributed by atoms with van der Waals surface area (Å²) in [7, 11) is 0. The summed E-state index contributed by atoms with van der Waals surface area (Å²) in [4.78, 5) is 5.31. The summed E-state index contributed by atoms with van der Waals surface area (Å²) in [5, 5.41) is 13.5. The molecule has 0 bridgehead atoms. The van der Waals surface area contributed by atoms with E-state index in [4.69, 9.17) is 4.84 Å². The first-order valence-corrected chi connectivity index (χ1v) is 6.97. The summed E-state index contributed by atoms with van der Waals surface area (Å²) in [5.41, 5.74) is 2.90. The molecule has 0 aromatic heterocycles. The van der Waals surface area contributed by atoms with Gasteiger partial charge in [0.15, 0.2) is 5.75 Å². The van der Waals surface area contributed by atoms with Gasteiger partial charge in [-0.25, -0.2) is 0 Å². The predicted octanol–water partition coefficient (Wildman–Crippen LogP) is 4.47. The molecule has 0 radical (unpaired) electrons. The summed E-state index contributed by atoms with van der Waals surface area (Å²) in [6, 6.07) is 24.8. The zero-order chi connectivity index (χ0) is 15.2. The van der Waals surface area contributed by atoms with Gasteiger partial charge in [-0.1, -0.05) is 59.8 Å². The van der Waals surface area contributed by atoms with Crippen molar-refractivity contribution in [3.63, 3.8) is 0 Å². The summed E-state index contributed by atoms with van der Waals surface area (Å²) < 4.78 is 0. The minimum absolute atomic E-state index is 0.175. The van der Waals surface area contributed by atoms with Crippen molar-refractivity contribution in [3.8, 4) is 22.6 Å². The Kier molecular flexibility index (Phi) is 4.16. The molecule has 0 spiro atoms. The van der Waals surface area contributed by atoms with Crippen molar-refractivity contribution in [1.29, 1.82) is 0 Å². The molecule has 0 fully saturated rings. The van der Waals surface area contributed by atoms with Crippen LogP contribution in [-0.4, -0.2) is 11.3 Å². The van der Waals surface area contributed by atoms with Gasteiger partial charge in [0, 0.05) is 5.56 Å². The molecule has 0 atom stereocenters. The molecule has 0 saturated heterocycles. The Morgan fingerprint density at radius 1 is 0.727 bits per heavy atom. The number of phenols is 1. The van der Waals surface area contributed by atoms with E-state index in [0.29, 0.717) is 11.3 Å². The minimum atomic E-state index is 0.175. The molecule has 0 unspecified atom stereocenters. The van der Waals surface area contributed by atoms with E-state index in [2.05, 4.69) is 17.3 Å². The standard InChI is InChI=1S/C19H15NO2/c21-19-9-5-4-8-17(19)14-20-22-18-12-10-16(11-13-18)15-6-2-1-3-7-15/h1-14,21H/b20-14+. The van der Waals surface area contributed by atoms with Crippen LogP contribution in [0.25, 0.3) is 11.1 Å². The fraction of sp³-hybridized carbons (Fsp3) is 0. The van der Waals surface area contributed by atoms with Crippen LogP contribution in [0.5, 0.6) is 11.5 Å². The topological polar surface area (TPSA) is 41.8 Å². The molecule has 1 N–H and O–H groups in total. The molecule has 3 aromatic rings. The molecule has 0 amide bonds. The zero-order valence-electron chi connectivity index (χ0n) is 11.9. The van der Waals surface area contributed by atoms with E-state index in [1.807, 2.05) is 48.5 Å². The van der Waals surface area contributed by atoms with Crippen LogP contribution in [0.1, 0.15) is 5.56 Å². The molecule has 0 heterocycles. The van der Waals surface area contributed by atoms with Gasteiger partial charge in [-0.2, -0.15) is 0 Å². The second-order valence-corrected chi connectivity index (χ2v) is 4.78. The number of benzene rings is 3. The Bertz CT molecular complexity index is 765. The van der Waals surface area contributed by atoms with Crippen LogP contribution >= 0.6 is 0 Å². The van der Waals surface area contributed by atoms with Crippen LogP contribution in [0.2, 0.25) is 0 Å². The first-order chi connectivity index (χ1) is 10.8. The van der Waals surface area contributed by atoms with Crippen molar-refractivity contribution < 1.29 is 9.94 Å². The Labute approximate surface area is 129 Å². The molecule has 22 heavy (non-hydrogen) atoms. The van der Waals surface area contributed by atoms with Gasteiger partial charge in [0.25, 0.3) is 0 Å². The number of hydrogen-bond acceptors (Lipinski definition) is 3. The number of nitrogens with zero attached hydrogens (tertiary/aromatic N) is 1. The van der Waals surface area contributed by atoms with E-state index in [9.17, 15) is 5.11 Å². The highest BCUT2D eigenvalue weighted by Gasteiger charge is 1.98. The maximum Gasteiger partial charge on any atom is 0.158 e. The molecule has 0 aliphatic heterocycles. The molecule has 3 heteroatoms. The van der Waals surface area contributed by atoms with Crippen LogP contribution in [0.3, 0.4) is 0 Å². The van der Waals surface area contributed by atoms with E-state index in [1.165, 1.54) is 6.21 Å². The van der Waals surface area contributed by atoms with Gasteiger partial charge in [0.05, 0.1) is 6.21 Å². The highest BCUT2D eigenvalue weighted by Crippen LogP contribution is 2.22. The van der Waals surface area contributed by atoms with Gasteiger partial charge >= 0.3 is 0 Å². The molecular formula is C19H15NO2. The Morgan fingerprint density at radius 2 is 1.36 bits per heavy atom. The highest BCUT2D eigenvalue weighted by molar-refractivity contribution is 5.82. The van der Waals surface area contributed by atoms with Gasteiger partial charge < -0.3 is 9.94 Å². The zero-order valence-corrected chi connectivity index (χ0v) is 11.9. The Balaban J connectivity index is 1.68. The van der Waals surface area contributed by atoms with Gasteiger partial charge in [-0.3, -0.25) is 0 Å². The second kappa shape index (κ2) is 6.59. The van der Waals surface area contributed by atoms with Crippen molar-refractivity contribution in [2.24, 2.45) is 5.16 Å². The summed E-state index contributed by atoms with van der Waals surface area (Å²) in [6.07, 6.45) is 1.49. The lowest BCUT2D eigenvalue weighted by atomic mass is 10.1. The van der Waals surface area contributed by atoms with E-state index in [1.54, 1.807) is 18.2 Å². The van der Waals surface area contributed by atoms with E-state index < -0.39 is 0 Å². The van der Waals surface area contributed by atoms with Crippen LogP contribution in [0.15, 0.2) is 84.0 Å². The van der Waals surface area contributed by atoms with Crippen LogP contribution in [-0.2, 0) is 0 Å². The molecule has 0 aliphatic carbocycles.